The van der Waals surface area contributed by atoms with Crippen LogP contribution in [0.2, 0.25) is 0 Å². The number of fused-ring (bicyclic) bond motifs is 9. The smallest absolute Gasteiger partial charge is 0.0702 e. The molecule has 33 heavy (non-hydrogen) atoms. The molecule has 0 saturated carbocycles. The molecule has 8 aromatic rings. The van der Waals surface area contributed by atoms with Crippen molar-refractivity contribution >= 4 is 69.6 Å². The van der Waals surface area contributed by atoms with E-state index >= 15 is 0 Å². The third kappa shape index (κ3) is 2.25. The second kappa shape index (κ2) is 6.09. The van der Waals surface area contributed by atoms with Gasteiger partial charge in [-0.05, 0) is 48.9 Å². The van der Waals surface area contributed by atoms with Crippen LogP contribution >= 0.6 is 11.3 Å². The van der Waals surface area contributed by atoms with Crippen LogP contribution in [0.4, 0.5) is 0 Å². The Kier molecular flexibility index (Phi) is 3.25. The molecule has 154 valence electrons. The zero-order valence-electron chi connectivity index (χ0n) is 18.0. The molecule has 0 N–H and O–H groups in total. The molecule has 0 spiro atoms. The van der Waals surface area contributed by atoms with Gasteiger partial charge in [-0.2, -0.15) is 0 Å². The Bertz CT molecular complexity index is 2020. The minimum Gasteiger partial charge on any atom is -0.308 e. The van der Waals surface area contributed by atoms with E-state index in [2.05, 4.69) is 101 Å². The van der Waals surface area contributed by atoms with Crippen LogP contribution in [0.25, 0.3) is 69.5 Å². The lowest BCUT2D eigenvalue weighted by molar-refractivity contribution is 1.27. The third-order valence-corrected chi connectivity index (χ3v) is 8.15. The summed E-state index contributed by atoms with van der Waals surface area (Å²) in [4.78, 5) is 4.66. The number of rotatable bonds is 1. The second-order valence-corrected chi connectivity index (χ2v) is 10.0. The normalized spacial score (nSPS) is 12.4. The summed E-state index contributed by atoms with van der Waals surface area (Å²) in [6.45, 7) is 2.08. The molecule has 0 atom stereocenters. The molecule has 0 aliphatic heterocycles. The Balaban J connectivity index is 1.52. The minimum absolute atomic E-state index is 1.02. The van der Waals surface area contributed by atoms with Gasteiger partial charge in [0.1, 0.15) is 0 Å². The highest BCUT2D eigenvalue weighted by Crippen LogP contribution is 2.43. The molecular weight excluding hydrogens is 420 g/mol. The summed E-state index contributed by atoms with van der Waals surface area (Å²) in [5, 5.41) is 7.94. The van der Waals surface area contributed by atoms with Crippen molar-refractivity contribution in [1.29, 1.82) is 0 Å². The molecule has 0 fully saturated rings. The van der Waals surface area contributed by atoms with Gasteiger partial charge in [0.15, 0.2) is 0 Å². The van der Waals surface area contributed by atoms with E-state index in [-0.39, 0.29) is 0 Å². The van der Waals surface area contributed by atoms with E-state index in [0.29, 0.717) is 0 Å². The zero-order chi connectivity index (χ0) is 21.7. The van der Waals surface area contributed by atoms with Gasteiger partial charge in [-0.15, -0.1) is 11.3 Å². The molecule has 3 heteroatoms. The first-order valence-electron chi connectivity index (χ1n) is 11.2. The summed E-state index contributed by atoms with van der Waals surface area (Å²) in [6.07, 6.45) is 1.94. The molecule has 0 radical (unpaired) electrons. The Morgan fingerprint density at radius 2 is 1.45 bits per heavy atom. The van der Waals surface area contributed by atoms with Crippen LogP contribution in [0.1, 0.15) is 5.56 Å². The standard InChI is InChI=1S/C30H18N2S/c1-17-9-11-25(31-16-17)18-10-12-26-22(13-18)20-6-4-7-21-23-15-29-24(14-27(23)32(26)30(20)21)19-5-2-3-8-28(19)33-29/h2-16H,1H3. The fraction of sp³-hybridized carbons (Fsp3) is 0.0333. The molecule has 4 aromatic carbocycles. The largest absolute Gasteiger partial charge is 0.308 e. The number of nitrogens with zero attached hydrogens (tertiary/aromatic N) is 2. The number of aromatic nitrogens is 2. The number of thiophene rings is 1. The molecule has 2 nitrogen and oxygen atoms in total. The van der Waals surface area contributed by atoms with Gasteiger partial charge in [0, 0.05) is 53.5 Å². The Morgan fingerprint density at radius 3 is 2.30 bits per heavy atom. The third-order valence-electron chi connectivity index (χ3n) is 7.02. The van der Waals surface area contributed by atoms with Crippen LogP contribution < -0.4 is 0 Å². The molecule has 4 heterocycles. The summed E-state index contributed by atoms with van der Waals surface area (Å²) in [5.41, 5.74) is 7.22. The van der Waals surface area contributed by atoms with Crippen molar-refractivity contribution in [3.05, 3.63) is 96.7 Å². The van der Waals surface area contributed by atoms with Gasteiger partial charge in [-0.3, -0.25) is 4.98 Å². The summed E-state index contributed by atoms with van der Waals surface area (Å²) < 4.78 is 5.17. The first kappa shape index (κ1) is 17.6. The number of benzene rings is 4. The highest BCUT2D eigenvalue weighted by molar-refractivity contribution is 7.25. The summed E-state index contributed by atoms with van der Waals surface area (Å²) in [5.74, 6) is 0. The minimum atomic E-state index is 1.02. The van der Waals surface area contributed by atoms with Crippen LogP contribution in [-0.2, 0) is 0 Å². The van der Waals surface area contributed by atoms with Crippen molar-refractivity contribution < 1.29 is 0 Å². The molecule has 0 aliphatic rings. The van der Waals surface area contributed by atoms with E-state index in [1.807, 2.05) is 17.5 Å². The summed E-state index contributed by atoms with van der Waals surface area (Å²) in [7, 11) is 0. The average Bonchev–Trinajstić information content (AvgIpc) is 3.49. The second-order valence-electron chi connectivity index (χ2n) is 8.95. The SMILES string of the molecule is Cc1ccc(-c2ccc3c(c2)c2cccc4c5cc6sc7ccccc7c6cc5n3c24)nc1. The van der Waals surface area contributed by atoms with Crippen LogP contribution in [0.3, 0.4) is 0 Å². The Labute approximate surface area is 193 Å². The fourth-order valence-electron chi connectivity index (χ4n) is 5.50. The van der Waals surface area contributed by atoms with E-state index in [1.54, 1.807) is 0 Å². The van der Waals surface area contributed by atoms with E-state index in [0.717, 1.165) is 11.3 Å². The van der Waals surface area contributed by atoms with Gasteiger partial charge in [0.25, 0.3) is 0 Å². The van der Waals surface area contributed by atoms with Crippen LogP contribution in [-0.4, -0.2) is 9.38 Å². The average molecular weight is 439 g/mol. The van der Waals surface area contributed by atoms with Crippen molar-refractivity contribution in [3.8, 4) is 11.3 Å². The van der Waals surface area contributed by atoms with Gasteiger partial charge in [-0.25, -0.2) is 0 Å². The van der Waals surface area contributed by atoms with Gasteiger partial charge < -0.3 is 4.40 Å². The molecule has 0 bridgehead atoms. The molecule has 0 saturated heterocycles. The molecular formula is C30H18N2S. The van der Waals surface area contributed by atoms with Crippen molar-refractivity contribution in [2.75, 3.05) is 0 Å². The van der Waals surface area contributed by atoms with Gasteiger partial charge in [0.05, 0.1) is 22.2 Å². The summed E-state index contributed by atoms with van der Waals surface area (Å²) in [6, 6.07) is 31.3. The Hall–Kier alpha value is -3.95. The monoisotopic (exact) mass is 438 g/mol. The highest BCUT2D eigenvalue weighted by Gasteiger charge is 2.19. The highest BCUT2D eigenvalue weighted by atomic mass is 32.1. The van der Waals surface area contributed by atoms with Crippen LogP contribution in [0, 0.1) is 6.92 Å². The first-order chi connectivity index (χ1) is 16.3. The molecule has 4 aromatic heterocycles. The first-order valence-corrected chi connectivity index (χ1v) is 12.0. The van der Waals surface area contributed by atoms with Crippen molar-refractivity contribution in [2.24, 2.45) is 0 Å². The molecule has 0 unspecified atom stereocenters. The van der Waals surface area contributed by atoms with Crippen molar-refractivity contribution in [1.82, 2.24) is 9.38 Å². The maximum atomic E-state index is 4.66. The van der Waals surface area contributed by atoms with Crippen molar-refractivity contribution in [2.45, 2.75) is 6.92 Å². The van der Waals surface area contributed by atoms with E-state index in [4.69, 9.17) is 0 Å². The number of hydrogen-bond donors (Lipinski definition) is 0. The Morgan fingerprint density at radius 1 is 0.636 bits per heavy atom. The lowest BCUT2D eigenvalue weighted by Crippen LogP contribution is -1.85. The lowest BCUT2D eigenvalue weighted by Gasteiger charge is -2.03. The van der Waals surface area contributed by atoms with Crippen LogP contribution in [0.15, 0.2) is 91.1 Å². The zero-order valence-corrected chi connectivity index (χ0v) is 18.8. The number of aryl methyl sites for hydroxylation is 1. The van der Waals surface area contributed by atoms with E-state index < -0.39 is 0 Å². The predicted octanol–water partition coefficient (Wildman–Crippen LogP) is 8.58. The van der Waals surface area contributed by atoms with Crippen molar-refractivity contribution in [3.63, 3.8) is 0 Å². The lowest BCUT2D eigenvalue weighted by atomic mass is 10.0. The topological polar surface area (TPSA) is 17.3 Å². The predicted molar refractivity (Wildman–Crippen MR) is 142 cm³/mol. The summed E-state index contributed by atoms with van der Waals surface area (Å²) >= 11 is 1.89. The fourth-order valence-corrected chi connectivity index (χ4v) is 6.62. The number of hydrogen-bond acceptors (Lipinski definition) is 2. The van der Waals surface area contributed by atoms with Crippen LogP contribution in [0.5, 0.6) is 0 Å². The number of para-hydroxylation sites is 1. The maximum Gasteiger partial charge on any atom is 0.0702 e. The van der Waals surface area contributed by atoms with E-state index in [1.165, 1.54) is 63.8 Å². The van der Waals surface area contributed by atoms with E-state index in [9.17, 15) is 0 Å². The number of pyridine rings is 1. The van der Waals surface area contributed by atoms with Gasteiger partial charge >= 0.3 is 0 Å². The molecule has 0 aliphatic carbocycles. The molecule has 0 amide bonds. The quantitative estimate of drug-likeness (QED) is 0.251. The van der Waals surface area contributed by atoms with Gasteiger partial charge in [-0.1, -0.05) is 48.5 Å². The maximum absolute atomic E-state index is 4.66. The van der Waals surface area contributed by atoms with Gasteiger partial charge in [0.2, 0.25) is 0 Å². The molecule has 8 rings (SSSR count).